The highest BCUT2D eigenvalue weighted by molar-refractivity contribution is 5.80. The monoisotopic (exact) mass is 242 g/mol. The number of hydrogen-bond acceptors (Lipinski definition) is 2. The standard InChI is InChI=1S/C12H22N2O3/c1-4-13(8-11(15)16)12(17)14-9(2)6-5-7-10(14)3/h9-10H,4-8H2,1-3H3,(H,15,16)/t9-,10+. The van der Waals surface area contributed by atoms with E-state index in [9.17, 15) is 9.59 Å². The van der Waals surface area contributed by atoms with Gasteiger partial charge in [-0.25, -0.2) is 4.79 Å². The smallest absolute Gasteiger partial charge is 0.323 e. The minimum absolute atomic E-state index is 0.144. The van der Waals surface area contributed by atoms with Crippen molar-refractivity contribution in [2.45, 2.75) is 52.1 Å². The molecular weight excluding hydrogens is 220 g/mol. The van der Waals surface area contributed by atoms with Crippen molar-refractivity contribution < 1.29 is 14.7 Å². The first-order valence-electron chi connectivity index (χ1n) is 6.26. The average molecular weight is 242 g/mol. The largest absolute Gasteiger partial charge is 0.480 e. The van der Waals surface area contributed by atoms with Crippen molar-refractivity contribution in [2.24, 2.45) is 0 Å². The first-order valence-corrected chi connectivity index (χ1v) is 6.26. The van der Waals surface area contributed by atoms with Crippen LogP contribution in [0.3, 0.4) is 0 Å². The Hall–Kier alpha value is -1.26. The molecule has 0 aliphatic carbocycles. The van der Waals surface area contributed by atoms with Gasteiger partial charge in [0.25, 0.3) is 0 Å². The molecule has 0 aromatic carbocycles. The van der Waals surface area contributed by atoms with E-state index in [0.717, 1.165) is 19.3 Å². The third-order valence-corrected chi connectivity index (χ3v) is 3.39. The molecule has 98 valence electrons. The van der Waals surface area contributed by atoms with Crippen LogP contribution in [0, 0.1) is 0 Å². The van der Waals surface area contributed by atoms with Crippen molar-refractivity contribution in [1.82, 2.24) is 9.80 Å². The second kappa shape index (κ2) is 5.89. The van der Waals surface area contributed by atoms with E-state index < -0.39 is 5.97 Å². The predicted octanol–water partition coefficient (Wildman–Crippen LogP) is 1.78. The van der Waals surface area contributed by atoms with Crippen molar-refractivity contribution in [2.75, 3.05) is 13.1 Å². The lowest BCUT2D eigenvalue weighted by atomic mass is 9.98. The number of likely N-dealkylation sites (N-methyl/N-ethyl adjacent to an activating group) is 1. The zero-order valence-electron chi connectivity index (χ0n) is 10.8. The van der Waals surface area contributed by atoms with E-state index in [1.807, 2.05) is 18.7 Å². The van der Waals surface area contributed by atoms with Gasteiger partial charge in [0.15, 0.2) is 0 Å². The van der Waals surface area contributed by atoms with Crippen LogP contribution in [-0.4, -0.2) is 52.1 Å². The van der Waals surface area contributed by atoms with Gasteiger partial charge in [0, 0.05) is 18.6 Å². The molecule has 0 bridgehead atoms. The highest BCUT2D eigenvalue weighted by Crippen LogP contribution is 2.23. The van der Waals surface area contributed by atoms with Gasteiger partial charge in [-0.3, -0.25) is 4.79 Å². The molecule has 5 nitrogen and oxygen atoms in total. The summed E-state index contributed by atoms with van der Waals surface area (Å²) in [5.74, 6) is -0.961. The van der Waals surface area contributed by atoms with E-state index in [4.69, 9.17) is 5.11 Å². The predicted molar refractivity (Wildman–Crippen MR) is 64.9 cm³/mol. The van der Waals surface area contributed by atoms with Gasteiger partial charge in [-0.2, -0.15) is 0 Å². The highest BCUT2D eigenvalue weighted by atomic mass is 16.4. The van der Waals surface area contributed by atoms with Gasteiger partial charge in [-0.05, 0) is 40.0 Å². The Kier molecular flexibility index (Phi) is 4.78. The lowest BCUT2D eigenvalue weighted by molar-refractivity contribution is -0.137. The van der Waals surface area contributed by atoms with Crippen molar-refractivity contribution in [3.05, 3.63) is 0 Å². The molecule has 17 heavy (non-hydrogen) atoms. The Morgan fingerprint density at radius 1 is 1.29 bits per heavy atom. The van der Waals surface area contributed by atoms with Crippen molar-refractivity contribution in [1.29, 1.82) is 0 Å². The van der Waals surface area contributed by atoms with Crippen LogP contribution in [0.15, 0.2) is 0 Å². The fraction of sp³-hybridized carbons (Fsp3) is 0.833. The summed E-state index contributed by atoms with van der Waals surface area (Å²) in [7, 11) is 0. The van der Waals surface area contributed by atoms with E-state index in [0.29, 0.717) is 6.54 Å². The third-order valence-electron chi connectivity index (χ3n) is 3.39. The summed E-state index contributed by atoms with van der Waals surface area (Å²) in [4.78, 5) is 26.2. The summed E-state index contributed by atoms with van der Waals surface area (Å²) in [6, 6.07) is 0.262. The molecule has 1 aliphatic rings. The summed E-state index contributed by atoms with van der Waals surface area (Å²) in [5, 5.41) is 8.78. The van der Waals surface area contributed by atoms with Gasteiger partial charge < -0.3 is 14.9 Å². The molecular formula is C12H22N2O3. The number of carboxylic acids is 1. The number of carbonyl (C=O) groups excluding carboxylic acids is 1. The zero-order valence-corrected chi connectivity index (χ0v) is 10.8. The number of aliphatic carboxylic acids is 1. The Bertz CT molecular complexity index is 283. The molecule has 0 spiro atoms. The van der Waals surface area contributed by atoms with Crippen LogP contribution in [0.2, 0.25) is 0 Å². The van der Waals surface area contributed by atoms with E-state index in [1.165, 1.54) is 4.90 Å². The minimum Gasteiger partial charge on any atom is -0.480 e. The maximum Gasteiger partial charge on any atom is 0.323 e. The van der Waals surface area contributed by atoms with Crippen molar-refractivity contribution in [3.63, 3.8) is 0 Å². The van der Waals surface area contributed by atoms with E-state index in [2.05, 4.69) is 0 Å². The number of likely N-dealkylation sites (tertiary alicyclic amines) is 1. The number of rotatable bonds is 3. The Morgan fingerprint density at radius 2 is 1.82 bits per heavy atom. The number of piperidine rings is 1. The second-order valence-electron chi connectivity index (χ2n) is 4.73. The molecule has 0 radical (unpaired) electrons. The topological polar surface area (TPSA) is 60.9 Å². The van der Waals surface area contributed by atoms with Gasteiger partial charge in [-0.15, -0.1) is 0 Å². The molecule has 0 saturated carbocycles. The van der Waals surface area contributed by atoms with Crippen LogP contribution in [0.4, 0.5) is 4.79 Å². The van der Waals surface area contributed by atoms with E-state index in [1.54, 1.807) is 6.92 Å². The molecule has 1 rings (SSSR count). The molecule has 1 aliphatic heterocycles. The lowest BCUT2D eigenvalue weighted by Gasteiger charge is -2.41. The first-order chi connectivity index (χ1) is 7.97. The number of hydrogen-bond donors (Lipinski definition) is 1. The quantitative estimate of drug-likeness (QED) is 0.820. The van der Waals surface area contributed by atoms with Crippen molar-refractivity contribution >= 4 is 12.0 Å². The molecule has 1 heterocycles. The summed E-state index contributed by atoms with van der Waals surface area (Å²) >= 11 is 0. The fourth-order valence-corrected chi connectivity index (χ4v) is 2.44. The maximum atomic E-state index is 12.3. The number of carbonyl (C=O) groups is 2. The van der Waals surface area contributed by atoms with Crippen LogP contribution in [0.25, 0.3) is 0 Å². The summed E-state index contributed by atoms with van der Waals surface area (Å²) < 4.78 is 0. The molecule has 0 aromatic heterocycles. The Balaban J connectivity index is 2.74. The summed E-state index contributed by atoms with van der Waals surface area (Å²) in [6.45, 7) is 6.08. The molecule has 1 fully saturated rings. The van der Waals surface area contributed by atoms with Gasteiger partial charge in [-0.1, -0.05) is 0 Å². The molecule has 1 N–H and O–H groups in total. The number of amides is 2. The van der Waals surface area contributed by atoms with Crippen LogP contribution in [0.1, 0.15) is 40.0 Å². The number of nitrogens with zero attached hydrogens (tertiary/aromatic N) is 2. The molecule has 2 amide bonds. The Morgan fingerprint density at radius 3 is 2.24 bits per heavy atom. The zero-order chi connectivity index (χ0) is 13.0. The van der Waals surface area contributed by atoms with Crippen LogP contribution in [-0.2, 0) is 4.79 Å². The van der Waals surface area contributed by atoms with Crippen LogP contribution in [0.5, 0.6) is 0 Å². The SMILES string of the molecule is CCN(CC(=O)O)C(=O)N1[C@H](C)CCC[C@@H]1C. The maximum absolute atomic E-state index is 12.3. The summed E-state index contributed by atoms with van der Waals surface area (Å²) in [6.07, 6.45) is 3.14. The first kappa shape index (κ1) is 13.8. The average Bonchev–Trinajstić information content (AvgIpc) is 2.25. The Labute approximate surface area is 102 Å². The van der Waals surface area contributed by atoms with Gasteiger partial charge in [0.2, 0.25) is 0 Å². The second-order valence-corrected chi connectivity index (χ2v) is 4.73. The van der Waals surface area contributed by atoms with Gasteiger partial charge >= 0.3 is 12.0 Å². The van der Waals surface area contributed by atoms with E-state index >= 15 is 0 Å². The molecule has 5 heteroatoms. The fourth-order valence-electron chi connectivity index (χ4n) is 2.44. The van der Waals surface area contributed by atoms with E-state index in [-0.39, 0.29) is 24.7 Å². The van der Waals surface area contributed by atoms with Crippen LogP contribution >= 0.6 is 0 Å². The van der Waals surface area contributed by atoms with Gasteiger partial charge in [0.05, 0.1) is 0 Å². The molecule has 0 unspecified atom stereocenters. The lowest BCUT2D eigenvalue weighted by Crippen LogP contribution is -2.54. The van der Waals surface area contributed by atoms with Gasteiger partial charge in [0.1, 0.15) is 6.54 Å². The molecule has 1 saturated heterocycles. The van der Waals surface area contributed by atoms with Crippen LogP contribution < -0.4 is 0 Å². The number of carboxylic acid groups (broad SMARTS) is 1. The van der Waals surface area contributed by atoms with Crippen molar-refractivity contribution in [3.8, 4) is 0 Å². The summed E-state index contributed by atoms with van der Waals surface area (Å²) in [5.41, 5.74) is 0. The number of urea groups is 1. The minimum atomic E-state index is -0.961. The molecule has 0 aromatic rings. The molecule has 2 atom stereocenters. The normalized spacial score (nSPS) is 24.5. The highest BCUT2D eigenvalue weighted by Gasteiger charge is 2.32. The third kappa shape index (κ3) is 3.35.